The fraction of sp³-hybridized carbons (Fsp3) is 0.0625. The van der Waals surface area contributed by atoms with Crippen molar-refractivity contribution in [1.82, 2.24) is 29.7 Å². The number of ether oxygens (including phenoxy) is 1. The quantitative estimate of drug-likeness (QED) is 0.359. The van der Waals surface area contributed by atoms with E-state index in [9.17, 15) is 14.7 Å². The Bertz CT molecular complexity index is 1250. The van der Waals surface area contributed by atoms with Crippen molar-refractivity contribution in [1.29, 1.82) is 0 Å². The van der Waals surface area contributed by atoms with Crippen LogP contribution < -0.4 is 5.56 Å². The molecule has 4 rings (SSSR count). The van der Waals surface area contributed by atoms with Gasteiger partial charge in [-0.1, -0.05) is 12.1 Å². The molecule has 3 N–H and O–H groups in total. The SMILES string of the molecule is COC(=O)c1cn(-n2c(-c3cccc(O)c3)n[nH]c2=S)cc2c(=O)[nH]nc1-2. The van der Waals surface area contributed by atoms with E-state index in [2.05, 4.69) is 20.4 Å². The van der Waals surface area contributed by atoms with E-state index in [0.717, 1.165) is 0 Å². The number of fused-ring (bicyclic) bond motifs is 1. The van der Waals surface area contributed by atoms with E-state index in [1.54, 1.807) is 12.1 Å². The van der Waals surface area contributed by atoms with E-state index < -0.39 is 11.5 Å². The number of phenolic OH excluding ortho intramolecular Hbond substituents is 1. The van der Waals surface area contributed by atoms with Gasteiger partial charge in [-0.15, -0.1) is 0 Å². The predicted molar refractivity (Wildman–Crippen MR) is 96.1 cm³/mol. The van der Waals surface area contributed by atoms with Crippen molar-refractivity contribution >= 4 is 18.2 Å². The summed E-state index contributed by atoms with van der Waals surface area (Å²) in [5.74, 6) is -0.234. The Morgan fingerprint density at radius 1 is 1.26 bits per heavy atom. The Hall–Kier alpha value is -3.73. The molecule has 3 heterocycles. The minimum absolute atomic E-state index is 0.0559. The second kappa shape index (κ2) is 6.21. The Kier molecular flexibility index (Phi) is 3.85. The number of phenols is 1. The summed E-state index contributed by atoms with van der Waals surface area (Å²) >= 11 is 5.30. The molecular weight excluding hydrogens is 372 g/mol. The molecule has 0 spiro atoms. The highest BCUT2D eigenvalue weighted by atomic mass is 32.1. The molecule has 0 aliphatic carbocycles. The van der Waals surface area contributed by atoms with E-state index in [1.165, 1.54) is 41.0 Å². The Balaban J connectivity index is 2.02. The van der Waals surface area contributed by atoms with Crippen molar-refractivity contribution in [2.45, 2.75) is 0 Å². The second-order valence-electron chi connectivity index (χ2n) is 5.57. The van der Waals surface area contributed by atoms with Gasteiger partial charge in [-0.2, -0.15) is 10.2 Å². The molecule has 136 valence electrons. The third-order valence-corrected chi connectivity index (χ3v) is 4.20. The molecule has 0 atom stereocenters. The maximum atomic E-state index is 12.2. The van der Waals surface area contributed by atoms with Crippen LogP contribution >= 0.6 is 12.2 Å². The number of aromatic amines is 2. The number of rotatable bonds is 3. The lowest BCUT2D eigenvalue weighted by molar-refractivity contribution is 0.0600. The first-order valence-corrected chi connectivity index (χ1v) is 8.06. The van der Waals surface area contributed by atoms with Crippen molar-refractivity contribution in [3.63, 3.8) is 0 Å². The number of esters is 1. The molecule has 0 saturated heterocycles. The molecule has 2 aromatic rings. The number of hydrogen-bond acceptors (Lipinski definition) is 7. The summed E-state index contributed by atoms with van der Waals surface area (Å²) < 4.78 is 7.92. The van der Waals surface area contributed by atoms with E-state index >= 15 is 0 Å². The molecule has 1 aromatic heterocycles. The molecule has 2 aliphatic rings. The van der Waals surface area contributed by atoms with Gasteiger partial charge in [0.05, 0.1) is 12.7 Å². The molecular formula is C16H12N6O4S. The molecule has 0 radical (unpaired) electrons. The zero-order chi connectivity index (χ0) is 19.1. The number of aromatic nitrogens is 6. The molecule has 0 amide bonds. The van der Waals surface area contributed by atoms with Crippen LogP contribution in [0.2, 0.25) is 0 Å². The minimum Gasteiger partial charge on any atom is -0.508 e. The third kappa shape index (κ3) is 2.69. The zero-order valence-electron chi connectivity index (χ0n) is 13.8. The van der Waals surface area contributed by atoms with Crippen molar-refractivity contribution in [3.05, 3.63) is 57.3 Å². The van der Waals surface area contributed by atoms with E-state index in [0.29, 0.717) is 11.4 Å². The van der Waals surface area contributed by atoms with Crippen LogP contribution in [-0.4, -0.2) is 47.9 Å². The lowest BCUT2D eigenvalue weighted by Crippen LogP contribution is -2.17. The third-order valence-electron chi connectivity index (χ3n) is 3.94. The van der Waals surface area contributed by atoms with Gasteiger partial charge in [-0.05, 0) is 24.4 Å². The lowest BCUT2D eigenvalue weighted by Gasteiger charge is -2.14. The lowest BCUT2D eigenvalue weighted by atomic mass is 10.1. The number of benzene rings is 1. The number of nitrogens with one attached hydrogen (secondary N) is 2. The van der Waals surface area contributed by atoms with Gasteiger partial charge >= 0.3 is 5.97 Å². The topological polar surface area (TPSA) is 131 Å². The molecule has 11 heteroatoms. The first-order valence-electron chi connectivity index (χ1n) is 7.66. The molecule has 10 nitrogen and oxygen atoms in total. The number of hydrogen-bond donors (Lipinski definition) is 3. The van der Waals surface area contributed by atoms with Crippen LogP contribution in [0.15, 0.2) is 41.5 Å². The Labute approximate surface area is 156 Å². The number of carbonyl (C=O) groups excluding carboxylic acids is 1. The van der Waals surface area contributed by atoms with Gasteiger partial charge in [0.15, 0.2) is 5.82 Å². The summed E-state index contributed by atoms with van der Waals surface area (Å²) in [4.78, 5) is 24.2. The minimum atomic E-state index is -0.658. The van der Waals surface area contributed by atoms with Gasteiger partial charge in [0.1, 0.15) is 17.0 Å². The normalized spacial score (nSPS) is 11.0. The molecule has 0 saturated carbocycles. The second-order valence-corrected chi connectivity index (χ2v) is 5.96. The van der Waals surface area contributed by atoms with Crippen LogP contribution in [0.4, 0.5) is 0 Å². The standard InChI is InChI=1S/C16H12N6O4S/c1-26-15(25)11-7-21(6-10-12(11)17-19-14(10)24)22-13(18-20-16(22)27)8-3-2-4-9(23)5-8/h2-7,23H,1H3,(H,19,24)(H,20,27). The van der Waals surface area contributed by atoms with E-state index in [4.69, 9.17) is 17.0 Å². The van der Waals surface area contributed by atoms with Crippen LogP contribution in [0.3, 0.4) is 0 Å². The maximum Gasteiger partial charge on any atom is 0.341 e. The van der Waals surface area contributed by atoms with Crippen LogP contribution in [0, 0.1) is 4.77 Å². The van der Waals surface area contributed by atoms with Crippen LogP contribution in [0.1, 0.15) is 10.4 Å². The van der Waals surface area contributed by atoms with Gasteiger partial charge in [0, 0.05) is 18.0 Å². The van der Waals surface area contributed by atoms with E-state index in [-0.39, 0.29) is 27.3 Å². The Morgan fingerprint density at radius 3 is 2.81 bits per heavy atom. The summed E-state index contributed by atoms with van der Waals surface area (Å²) in [6, 6.07) is 6.43. The molecule has 0 fully saturated rings. The van der Waals surface area contributed by atoms with Crippen molar-refractivity contribution in [2.24, 2.45) is 0 Å². The van der Waals surface area contributed by atoms with Gasteiger partial charge in [0.2, 0.25) is 4.77 Å². The highest BCUT2D eigenvalue weighted by Crippen LogP contribution is 2.25. The van der Waals surface area contributed by atoms with E-state index in [1.807, 2.05) is 0 Å². The average molecular weight is 384 g/mol. The van der Waals surface area contributed by atoms with Crippen molar-refractivity contribution in [3.8, 4) is 28.4 Å². The molecule has 2 aliphatic heterocycles. The number of carbonyl (C=O) groups is 1. The van der Waals surface area contributed by atoms with Gasteiger partial charge in [-0.3, -0.25) is 9.47 Å². The smallest absolute Gasteiger partial charge is 0.341 e. The summed E-state index contributed by atoms with van der Waals surface area (Å²) in [5, 5.41) is 22.8. The summed E-state index contributed by atoms with van der Waals surface area (Å²) in [5.41, 5.74) is 0.570. The van der Waals surface area contributed by atoms with Crippen LogP contribution in [0.25, 0.3) is 22.6 Å². The fourth-order valence-corrected chi connectivity index (χ4v) is 2.96. The van der Waals surface area contributed by atoms with Crippen molar-refractivity contribution < 1.29 is 14.6 Å². The monoisotopic (exact) mass is 384 g/mol. The number of methoxy groups -OCH3 is 1. The molecule has 27 heavy (non-hydrogen) atoms. The number of H-pyrrole nitrogens is 2. The predicted octanol–water partition coefficient (Wildman–Crippen LogP) is 1.40. The van der Waals surface area contributed by atoms with Gasteiger partial charge in [0.25, 0.3) is 5.56 Å². The largest absolute Gasteiger partial charge is 0.508 e. The highest BCUT2D eigenvalue weighted by molar-refractivity contribution is 7.71. The first-order chi connectivity index (χ1) is 13.0. The fourth-order valence-electron chi connectivity index (χ4n) is 2.74. The summed E-state index contributed by atoms with van der Waals surface area (Å²) in [6.45, 7) is 0. The van der Waals surface area contributed by atoms with Crippen LogP contribution in [0.5, 0.6) is 5.75 Å². The highest BCUT2D eigenvalue weighted by Gasteiger charge is 2.23. The average Bonchev–Trinajstić information content (AvgIpc) is 3.23. The first kappa shape index (κ1) is 16.7. The Morgan fingerprint density at radius 2 is 2.07 bits per heavy atom. The van der Waals surface area contributed by atoms with Gasteiger partial charge < -0.3 is 9.84 Å². The summed E-state index contributed by atoms with van der Waals surface area (Å²) in [7, 11) is 1.23. The molecule has 1 aromatic carbocycles. The molecule has 0 bridgehead atoms. The zero-order valence-corrected chi connectivity index (χ0v) is 14.6. The molecule has 0 unspecified atom stereocenters. The number of aromatic hydroxyl groups is 1. The summed E-state index contributed by atoms with van der Waals surface area (Å²) in [6.07, 6.45) is 2.91. The van der Waals surface area contributed by atoms with Gasteiger partial charge in [-0.25, -0.2) is 19.7 Å². The van der Waals surface area contributed by atoms with Crippen molar-refractivity contribution in [2.75, 3.05) is 7.11 Å². The maximum absolute atomic E-state index is 12.2. The number of nitrogens with zero attached hydrogens (tertiary/aromatic N) is 4. The van der Waals surface area contributed by atoms with Crippen LogP contribution in [-0.2, 0) is 4.74 Å². The number of pyridine rings is 1.